The summed E-state index contributed by atoms with van der Waals surface area (Å²) in [5, 5.41) is 3.07. The SMILES string of the molecule is CNC(C(C)=O)c1ccc(C2CCCCC2)cc1. The lowest BCUT2D eigenvalue weighted by atomic mass is 9.83. The van der Waals surface area contributed by atoms with Crippen LogP contribution >= 0.6 is 0 Å². The van der Waals surface area contributed by atoms with Crippen molar-refractivity contribution in [2.45, 2.75) is 51.0 Å². The lowest BCUT2D eigenvalue weighted by Gasteiger charge is -2.22. The van der Waals surface area contributed by atoms with E-state index in [0.717, 1.165) is 11.5 Å². The maximum absolute atomic E-state index is 11.5. The molecule has 1 unspecified atom stereocenters. The second-order valence-corrected chi connectivity index (χ2v) is 5.33. The number of carbonyl (C=O) groups is 1. The quantitative estimate of drug-likeness (QED) is 0.878. The van der Waals surface area contributed by atoms with E-state index in [0.29, 0.717) is 0 Å². The summed E-state index contributed by atoms with van der Waals surface area (Å²) in [4.78, 5) is 11.5. The molecule has 0 aliphatic heterocycles. The van der Waals surface area contributed by atoms with Crippen LogP contribution in [0.4, 0.5) is 0 Å². The highest BCUT2D eigenvalue weighted by atomic mass is 16.1. The highest BCUT2D eigenvalue weighted by Crippen LogP contribution is 2.32. The molecule has 0 aromatic heterocycles. The Bertz CT molecular complexity index is 390. The molecule has 1 atom stereocenters. The number of benzene rings is 1. The second kappa shape index (κ2) is 6.14. The molecular weight excluding hydrogens is 222 g/mol. The third kappa shape index (κ3) is 2.99. The van der Waals surface area contributed by atoms with Crippen LogP contribution in [0.5, 0.6) is 0 Å². The maximum atomic E-state index is 11.5. The number of carbonyl (C=O) groups excluding carboxylic acids is 1. The van der Waals surface area contributed by atoms with Gasteiger partial charge < -0.3 is 5.32 Å². The van der Waals surface area contributed by atoms with Gasteiger partial charge in [0.1, 0.15) is 0 Å². The first-order chi connectivity index (χ1) is 8.72. The first kappa shape index (κ1) is 13.3. The smallest absolute Gasteiger partial charge is 0.151 e. The van der Waals surface area contributed by atoms with E-state index in [4.69, 9.17) is 0 Å². The van der Waals surface area contributed by atoms with Crippen LogP contribution in [0.25, 0.3) is 0 Å². The molecule has 98 valence electrons. The van der Waals surface area contributed by atoms with Crippen LogP contribution in [0.1, 0.15) is 62.1 Å². The Kier molecular flexibility index (Phi) is 4.54. The van der Waals surface area contributed by atoms with Gasteiger partial charge in [-0.3, -0.25) is 4.79 Å². The van der Waals surface area contributed by atoms with Crippen molar-refractivity contribution < 1.29 is 4.79 Å². The molecule has 1 fully saturated rings. The molecule has 2 rings (SSSR count). The zero-order chi connectivity index (χ0) is 13.0. The Morgan fingerprint density at radius 3 is 2.28 bits per heavy atom. The van der Waals surface area contributed by atoms with Gasteiger partial charge in [-0.2, -0.15) is 0 Å². The van der Waals surface area contributed by atoms with Crippen LogP contribution in [-0.2, 0) is 4.79 Å². The predicted octanol–water partition coefficient (Wildman–Crippen LogP) is 3.58. The Labute approximate surface area is 110 Å². The number of Topliss-reactive ketones (excluding diaryl/α,β-unsaturated/α-hetero) is 1. The van der Waals surface area contributed by atoms with Crippen LogP contribution < -0.4 is 5.32 Å². The van der Waals surface area contributed by atoms with Crippen molar-refractivity contribution in [2.75, 3.05) is 7.05 Å². The van der Waals surface area contributed by atoms with Crippen LogP contribution in [0, 0.1) is 0 Å². The molecule has 1 saturated carbocycles. The minimum Gasteiger partial charge on any atom is -0.307 e. The van der Waals surface area contributed by atoms with E-state index >= 15 is 0 Å². The van der Waals surface area contributed by atoms with Crippen molar-refractivity contribution in [1.82, 2.24) is 5.32 Å². The highest BCUT2D eigenvalue weighted by Gasteiger charge is 2.17. The maximum Gasteiger partial charge on any atom is 0.151 e. The first-order valence-corrected chi connectivity index (χ1v) is 7.00. The average molecular weight is 245 g/mol. The number of nitrogens with one attached hydrogen (secondary N) is 1. The molecule has 0 heterocycles. The summed E-state index contributed by atoms with van der Waals surface area (Å²) in [6.45, 7) is 1.64. The fourth-order valence-corrected chi connectivity index (χ4v) is 3.00. The zero-order valence-corrected chi connectivity index (χ0v) is 11.4. The van der Waals surface area contributed by atoms with Crippen molar-refractivity contribution in [3.63, 3.8) is 0 Å². The number of rotatable bonds is 4. The van der Waals surface area contributed by atoms with E-state index in [2.05, 4.69) is 29.6 Å². The molecule has 0 spiro atoms. The molecule has 1 aliphatic carbocycles. The van der Waals surface area contributed by atoms with Gasteiger partial charge in [-0.1, -0.05) is 43.5 Å². The van der Waals surface area contributed by atoms with E-state index in [1.807, 2.05) is 7.05 Å². The summed E-state index contributed by atoms with van der Waals surface area (Å²) in [6.07, 6.45) is 6.75. The van der Waals surface area contributed by atoms with Gasteiger partial charge >= 0.3 is 0 Å². The van der Waals surface area contributed by atoms with E-state index in [9.17, 15) is 4.79 Å². The van der Waals surface area contributed by atoms with Crippen LogP contribution in [0.3, 0.4) is 0 Å². The van der Waals surface area contributed by atoms with Gasteiger partial charge in [-0.25, -0.2) is 0 Å². The minimum atomic E-state index is -0.162. The third-order valence-corrected chi connectivity index (χ3v) is 4.04. The number of likely N-dealkylation sites (N-methyl/N-ethyl adjacent to an activating group) is 1. The molecule has 2 heteroatoms. The van der Waals surface area contributed by atoms with E-state index < -0.39 is 0 Å². The molecule has 1 aromatic carbocycles. The Morgan fingerprint density at radius 2 is 1.78 bits per heavy atom. The fraction of sp³-hybridized carbons (Fsp3) is 0.562. The Balaban J connectivity index is 2.11. The first-order valence-electron chi connectivity index (χ1n) is 7.00. The van der Waals surface area contributed by atoms with Gasteiger partial charge in [0.2, 0.25) is 0 Å². The number of hydrogen-bond donors (Lipinski definition) is 1. The molecule has 0 bridgehead atoms. The van der Waals surface area contributed by atoms with E-state index in [-0.39, 0.29) is 11.8 Å². The van der Waals surface area contributed by atoms with Gasteiger partial charge in [-0.15, -0.1) is 0 Å². The monoisotopic (exact) mass is 245 g/mol. The second-order valence-electron chi connectivity index (χ2n) is 5.33. The van der Waals surface area contributed by atoms with Crippen molar-refractivity contribution in [2.24, 2.45) is 0 Å². The van der Waals surface area contributed by atoms with E-state index in [1.54, 1.807) is 6.92 Å². The van der Waals surface area contributed by atoms with Gasteiger partial charge in [0.25, 0.3) is 0 Å². The molecular formula is C16H23NO. The highest BCUT2D eigenvalue weighted by molar-refractivity contribution is 5.82. The average Bonchev–Trinajstić information content (AvgIpc) is 2.41. The standard InChI is InChI=1S/C16H23NO/c1-12(18)16(17-2)15-10-8-14(9-11-15)13-6-4-3-5-7-13/h8-11,13,16-17H,3-7H2,1-2H3. The summed E-state index contributed by atoms with van der Waals surface area (Å²) in [6, 6.07) is 8.46. The van der Waals surface area contributed by atoms with Crippen LogP contribution in [0.2, 0.25) is 0 Å². The zero-order valence-electron chi connectivity index (χ0n) is 11.4. The van der Waals surface area contributed by atoms with Gasteiger partial charge in [0.15, 0.2) is 5.78 Å². The van der Waals surface area contributed by atoms with Gasteiger partial charge in [0.05, 0.1) is 6.04 Å². The Morgan fingerprint density at radius 1 is 1.17 bits per heavy atom. The molecule has 1 N–H and O–H groups in total. The van der Waals surface area contributed by atoms with Crippen molar-refractivity contribution in [1.29, 1.82) is 0 Å². The fourth-order valence-electron chi connectivity index (χ4n) is 3.00. The van der Waals surface area contributed by atoms with Gasteiger partial charge in [-0.05, 0) is 43.9 Å². The summed E-state index contributed by atoms with van der Waals surface area (Å²) >= 11 is 0. The van der Waals surface area contributed by atoms with Crippen molar-refractivity contribution >= 4 is 5.78 Å². The normalized spacial score (nSPS) is 18.6. The van der Waals surface area contributed by atoms with Crippen molar-refractivity contribution in [3.05, 3.63) is 35.4 Å². The molecule has 18 heavy (non-hydrogen) atoms. The lowest BCUT2D eigenvalue weighted by molar-refractivity contribution is -0.119. The van der Waals surface area contributed by atoms with Crippen LogP contribution in [-0.4, -0.2) is 12.8 Å². The third-order valence-electron chi connectivity index (χ3n) is 4.04. The van der Waals surface area contributed by atoms with Gasteiger partial charge in [0, 0.05) is 0 Å². The summed E-state index contributed by atoms with van der Waals surface area (Å²) in [7, 11) is 1.83. The number of ketones is 1. The molecule has 0 amide bonds. The summed E-state index contributed by atoms with van der Waals surface area (Å²) < 4.78 is 0. The molecule has 2 nitrogen and oxygen atoms in total. The molecule has 0 saturated heterocycles. The summed E-state index contributed by atoms with van der Waals surface area (Å²) in [5.41, 5.74) is 2.52. The molecule has 1 aromatic rings. The lowest BCUT2D eigenvalue weighted by Crippen LogP contribution is -2.23. The van der Waals surface area contributed by atoms with E-state index in [1.165, 1.54) is 37.7 Å². The molecule has 1 aliphatic rings. The number of hydrogen-bond acceptors (Lipinski definition) is 2. The van der Waals surface area contributed by atoms with Crippen molar-refractivity contribution in [3.8, 4) is 0 Å². The Hall–Kier alpha value is -1.15. The molecule has 0 radical (unpaired) electrons. The topological polar surface area (TPSA) is 29.1 Å². The minimum absolute atomic E-state index is 0.162. The summed E-state index contributed by atoms with van der Waals surface area (Å²) in [5.74, 6) is 0.904. The largest absolute Gasteiger partial charge is 0.307 e. The predicted molar refractivity (Wildman–Crippen MR) is 74.7 cm³/mol. The van der Waals surface area contributed by atoms with Crippen LogP contribution in [0.15, 0.2) is 24.3 Å².